The lowest BCUT2D eigenvalue weighted by atomic mass is 10.1. The molecule has 1 aromatic rings. The minimum Gasteiger partial charge on any atom is -0.465 e. The number of carbonyl (C=O) groups excluding carboxylic acids is 1. The maximum absolute atomic E-state index is 12.0. The molecule has 5 atom stereocenters. The molecule has 2 heterocycles. The number of aliphatic hydroxyl groups is 3. The van der Waals surface area contributed by atoms with Gasteiger partial charge >= 0.3 is 11.7 Å². The lowest BCUT2D eigenvalue weighted by Gasteiger charge is -2.19. The molecule has 10 nitrogen and oxygen atoms in total. The van der Waals surface area contributed by atoms with Gasteiger partial charge in [0.05, 0.1) is 24.9 Å². The van der Waals surface area contributed by atoms with Gasteiger partial charge in [-0.3, -0.25) is 19.1 Å². The van der Waals surface area contributed by atoms with Crippen molar-refractivity contribution in [2.75, 3.05) is 13.2 Å². The van der Waals surface area contributed by atoms with Crippen LogP contribution in [0.3, 0.4) is 0 Å². The molecule has 0 amide bonds. The molecule has 0 radical (unpaired) electrons. The summed E-state index contributed by atoms with van der Waals surface area (Å²) in [6.07, 6.45) is -3.13. The van der Waals surface area contributed by atoms with Crippen LogP contribution in [0.2, 0.25) is 0 Å². The number of alkyl halides is 1. The van der Waals surface area contributed by atoms with Crippen molar-refractivity contribution in [3.05, 3.63) is 32.6 Å². The van der Waals surface area contributed by atoms with Gasteiger partial charge in [-0.05, 0) is 6.92 Å². The van der Waals surface area contributed by atoms with Gasteiger partial charge in [0.15, 0.2) is 0 Å². The van der Waals surface area contributed by atoms with Crippen molar-refractivity contribution in [1.29, 1.82) is 0 Å². The molecule has 4 N–H and O–H groups in total. The van der Waals surface area contributed by atoms with E-state index < -0.39 is 52.3 Å². The molecule has 140 valence electrons. The minimum atomic E-state index is -1.50. The molecule has 25 heavy (non-hydrogen) atoms. The topological polar surface area (TPSA) is 151 Å². The number of nitrogens with zero attached hydrogens (tertiary/aromatic N) is 1. The smallest absolute Gasteiger partial charge is 0.330 e. The first-order valence-corrected chi connectivity index (χ1v) is 8.83. The lowest BCUT2D eigenvalue weighted by Crippen LogP contribution is -2.37. The number of aromatic nitrogens is 2. The third-order valence-corrected chi connectivity index (χ3v) is 4.99. The van der Waals surface area contributed by atoms with Crippen molar-refractivity contribution in [3.8, 4) is 0 Å². The van der Waals surface area contributed by atoms with Gasteiger partial charge in [0.2, 0.25) is 0 Å². The predicted molar refractivity (Wildman–Crippen MR) is 92.3 cm³/mol. The van der Waals surface area contributed by atoms with Gasteiger partial charge in [-0.2, -0.15) is 0 Å². The predicted octanol–water partition coefficient (Wildman–Crippen LogP) is -1.42. The first-order chi connectivity index (χ1) is 11.8. The molecule has 1 aliphatic heterocycles. The third-order valence-electron chi connectivity index (χ3n) is 3.80. The Hall–Kier alpha value is -1.28. The van der Waals surface area contributed by atoms with Crippen molar-refractivity contribution < 1.29 is 29.6 Å². The van der Waals surface area contributed by atoms with Gasteiger partial charge in [0, 0.05) is 12.6 Å². The second kappa shape index (κ2) is 8.40. The van der Waals surface area contributed by atoms with E-state index in [0.29, 0.717) is 0 Å². The van der Waals surface area contributed by atoms with Crippen LogP contribution in [-0.2, 0) is 14.3 Å². The Morgan fingerprint density at radius 3 is 2.80 bits per heavy atom. The van der Waals surface area contributed by atoms with Crippen LogP contribution in [-0.4, -0.2) is 60.2 Å². The lowest BCUT2D eigenvalue weighted by molar-refractivity contribution is -0.144. The summed E-state index contributed by atoms with van der Waals surface area (Å²) in [7, 11) is 0. The molecule has 0 spiro atoms. The highest BCUT2D eigenvalue weighted by molar-refractivity contribution is 14.1. The molecule has 1 aromatic heterocycles. The van der Waals surface area contributed by atoms with Crippen LogP contribution < -0.4 is 11.2 Å². The van der Waals surface area contributed by atoms with E-state index in [4.69, 9.17) is 14.6 Å². The van der Waals surface area contributed by atoms with Gasteiger partial charge in [-0.15, -0.1) is 0 Å². The average molecular weight is 470 g/mol. The molecule has 2 rings (SSSR count). The largest absolute Gasteiger partial charge is 0.465 e. The van der Waals surface area contributed by atoms with Gasteiger partial charge in [-0.25, -0.2) is 4.79 Å². The molecule has 1 aliphatic rings. The number of hydrogen-bond donors (Lipinski definition) is 4. The first-order valence-electron chi connectivity index (χ1n) is 7.58. The van der Waals surface area contributed by atoms with E-state index in [1.54, 1.807) is 29.5 Å². The maximum Gasteiger partial charge on any atom is 0.330 e. The van der Waals surface area contributed by atoms with Crippen molar-refractivity contribution in [1.82, 2.24) is 9.55 Å². The second-order valence-corrected chi connectivity index (χ2v) is 6.81. The van der Waals surface area contributed by atoms with Gasteiger partial charge < -0.3 is 24.8 Å². The molecular weight excluding hydrogens is 451 g/mol. The van der Waals surface area contributed by atoms with E-state index >= 15 is 0 Å². The van der Waals surface area contributed by atoms with E-state index in [-0.39, 0.29) is 18.6 Å². The number of H-pyrrole nitrogens is 1. The van der Waals surface area contributed by atoms with E-state index in [9.17, 15) is 24.6 Å². The van der Waals surface area contributed by atoms with Gasteiger partial charge in [0.25, 0.3) is 5.56 Å². The summed E-state index contributed by atoms with van der Waals surface area (Å²) < 4.78 is 10.1. The molecule has 0 aromatic carbocycles. The second-order valence-electron chi connectivity index (χ2n) is 5.46. The highest BCUT2D eigenvalue weighted by atomic mass is 127. The van der Waals surface area contributed by atoms with Crippen molar-refractivity contribution in [3.63, 3.8) is 0 Å². The number of hydrogen-bond acceptors (Lipinski definition) is 8. The Kier molecular flexibility index (Phi) is 6.73. The monoisotopic (exact) mass is 470 g/mol. The number of esters is 1. The summed E-state index contributed by atoms with van der Waals surface area (Å²) in [4.78, 5) is 37.8. The number of aromatic amines is 1. The van der Waals surface area contributed by atoms with Crippen LogP contribution in [0, 0.1) is 0 Å². The van der Waals surface area contributed by atoms with Crippen molar-refractivity contribution in [2.45, 2.75) is 41.8 Å². The summed E-state index contributed by atoms with van der Waals surface area (Å²) in [5.41, 5.74) is -1.84. The van der Waals surface area contributed by atoms with Crippen molar-refractivity contribution >= 4 is 28.6 Å². The summed E-state index contributed by atoms with van der Waals surface area (Å²) in [6, 6.07) is 0. The Labute approximate surface area is 155 Å². The summed E-state index contributed by atoms with van der Waals surface area (Å²) >= 11 is 1.65. The average Bonchev–Trinajstić information content (AvgIpc) is 2.94. The normalized spacial score (nSPS) is 25.6. The SMILES string of the molecule is CCOC(=O)C(I)C(O)c1cn([C@H]2CC(O)[C@@H](CO)O2)c(=O)[nH]c1=O. The van der Waals surface area contributed by atoms with Crippen LogP contribution in [0.25, 0.3) is 0 Å². The summed E-state index contributed by atoms with van der Waals surface area (Å²) in [5.74, 6) is -0.694. The molecular formula is C14H19IN2O8. The fourth-order valence-corrected chi connectivity index (χ4v) is 3.05. The third kappa shape index (κ3) is 4.28. The Bertz CT molecular complexity index is 732. The number of aliphatic hydroxyl groups excluding tert-OH is 3. The number of carbonyl (C=O) groups is 1. The highest BCUT2D eigenvalue weighted by Gasteiger charge is 2.36. The summed E-state index contributed by atoms with van der Waals surface area (Å²) in [5, 5.41) is 29.2. The van der Waals surface area contributed by atoms with Crippen LogP contribution in [0.15, 0.2) is 15.8 Å². The quantitative estimate of drug-likeness (QED) is 0.225. The van der Waals surface area contributed by atoms with Gasteiger partial charge in [0.1, 0.15) is 22.4 Å². The Balaban J connectivity index is 2.34. The zero-order valence-corrected chi connectivity index (χ0v) is 15.5. The number of nitrogens with one attached hydrogen (secondary N) is 1. The van der Waals surface area contributed by atoms with Crippen LogP contribution in [0.5, 0.6) is 0 Å². The van der Waals surface area contributed by atoms with Crippen molar-refractivity contribution in [2.24, 2.45) is 0 Å². The fraction of sp³-hybridized carbons (Fsp3) is 0.643. The number of ether oxygens (including phenoxy) is 2. The standard InChI is InChI=1S/C14H19IN2O8/c1-2-24-13(22)10(15)11(20)6-4-17(14(23)16-12(6)21)9-3-7(19)8(5-18)25-9/h4,7-11,18-20H,2-3,5H2,1H3,(H,16,21,23)/t7?,8-,9-,10?,11?/m1/s1. The number of rotatable bonds is 6. The molecule has 0 saturated carbocycles. The van der Waals surface area contributed by atoms with Gasteiger partial charge in [-0.1, -0.05) is 22.6 Å². The van der Waals surface area contributed by atoms with E-state index in [1.165, 1.54) is 0 Å². The van der Waals surface area contributed by atoms with Crippen LogP contribution in [0.1, 0.15) is 31.2 Å². The van der Waals surface area contributed by atoms with E-state index in [2.05, 4.69) is 4.98 Å². The summed E-state index contributed by atoms with van der Waals surface area (Å²) in [6.45, 7) is 1.31. The number of halogens is 1. The van der Waals surface area contributed by atoms with E-state index in [0.717, 1.165) is 10.8 Å². The zero-order chi connectivity index (χ0) is 18.7. The van der Waals surface area contributed by atoms with E-state index in [1.807, 2.05) is 0 Å². The van der Waals surface area contributed by atoms with Crippen LogP contribution in [0.4, 0.5) is 0 Å². The minimum absolute atomic E-state index is 0.0260. The highest BCUT2D eigenvalue weighted by Crippen LogP contribution is 2.28. The van der Waals surface area contributed by atoms with Crippen LogP contribution >= 0.6 is 22.6 Å². The molecule has 11 heteroatoms. The maximum atomic E-state index is 12.0. The Morgan fingerprint density at radius 1 is 1.56 bits per heavy atom. The molecule has 3 unspecified atom stereocenters. The fourth-order valence-electron chi connectivity index (χ4n) is 2.48. The molecule has 1 saturated heterocycles. The molecule has 0 aliphatic carbocycles. The molecule has 0 bridgehead atoms. The Morgan fingerprint density at radius 2 is 2.24 bits per heavy atom. The first kappa shape index (κ1) is 20.0. The zero-order valence-electron chi connectivity index (χ0n) is 13.3. The molecule has 1 fully saturated rings.